The molecule has 1 aromatic heterocycles. The molecule has 0 unspecified atom stereocenters. The topological polar surface area (TPSA) is 42.2 Å². The summed E-state index contributed by atoms with van der Waals surface area (Å²) in [6.07, 6.45) is 18.4. The highest BCUT2D eigenvalue weighted by molar-refractivity contribution is 7.12. The maximum Gasteiger partial charge on any atom is 0.268 e. The molecule has 0 saturated heterocycles. The Morgan fingerprint density at radius 1 is 0.816 bits per heavy atom. The van der Waals surface area contributed by atoms with Gasteiger partial charge in [-0.15, -0.1) is 0 Å². The van der Waals surface area contributed by atoms with Gasteiger partial charge < -0.3 is 10.1 Å². The fourth-order valence-corrected chi connectivity index (χ4v) is 5.71. The Hall–Kier alpha value is -2.66. The molecule has 5 heteroatoms. The summed E-state index contributed by atoms with van der Waals surface area (Å²) in [5.41, 5.74) is 2.91. The van der Waals surface area contributed by atoms with E-state index in [-0.39, 0.29) is 5.91 Å². The Morgan fingerprint density at radius 3 is 2.11 bits per heavy atom. The number of rotatable bonds is 19. The van der Waals surface area contributed by atoms with E-state index in [2.05, 4.69) is 47.4 Å². The number of benzene rings is 2. The van der Waals surface area contributed by atoms with Crippen LogP contribution in [0.25, 0.3) is 10.6 Å². The summed E-state index contributed by atoms with van der Waals surface area (Å²) in [5, 5.41) is 6.37. The van der Waals surface area contributed by atoms with Crippen molar-refractivity contribution in [3.8, 4) is 16.3 Å². The second kappa shape index (κ2) is 17.8. The normalized spacial score (nSPS) is 11.0. The smallest absolute Gasteiger partial charge is 0.268 e. The molecule has 1 heterocycles. The van der Waals surface area contributed by atoms with Gasteiger partial charge in [-0.2, -0.15) is 4.57 Å². The van der Waals surface area contributed by atoms with Gasteiger partial charge >= 0.3 is 0 Å². The van der Waals surface area contributed by atoms with Gasteiger partial charge in [-0.1, -0.05) is 107 Å². The van der Waals surface area contributed by atoms with E-state index in [1.807, 2.05) is 36.4 Å². The highest BCUT2D eigenvalue weighted by Crippen LogP contribution is 2.23. The third kappa shape index (κ3) is 10.6. The van der Waals surface area contributed by atoms with Crippen LogP contribution in [0, 0.1) is 0 Å². The quantitative estimate of drug-likeness (QED) is 0.123. The fourth-order valence-electron chi connectivity index (χ4n) is 4.78. The van der Waals surface area contributed by atoms with E-state index in [0.29, 0.717) is 13.0 Å². The molecule has 3 aromatic rings. The average molecular weight is 536 g/mol. The minimum atomic E-state index is -0.0288. The van der Waals surface area contributed by atoms with Crippen LogP contribution in [0.1, 0.15) is 96.5 Å². The van der Waals surface area contributed by atoms with Gasteiger partial charge in [0.2, 0.25) is 5.91 Å². The van der Waals surface area contributed by atoms with E-state index in [1.54, 1.807) is 11.3 Å². The molecule has 0 aliphatic heterocycles. The molecule has 0 aliphatic rings. The Bertz CT molecular complexity index is 1060. The number of thiazole rings is 1. The predicted molar refractivity (Wildman–Crippen MR) is 161 cm³/mol. The third-order valence-electron chi connectivity index (χ3n) is 7.02. The molecule has 4 nitrogen and oxygen atoms in total. The highest BCUT2D eigenvalue weighted by atomic mass is 32.1. The van der Waals surface area contributed by atoms with E-state index in [9.17, 15) is 4.79 Å². The lowest BCUT2D eigenvalue weighted by Crippen LogP contribution is -2.31. The van der Waals surface area contributed by atoms with Crippen LogP contribution in [0.2, 0.25) is 0 Å². The lowest BCUT2D eigenvalue weighted by atomic mass is 10.1. The predicted octanol–water partition coefficient (Wildman–Crippen LogP) is 8.98. The number of carbonyl (C=O) groups excluding carboxylic acids is 1. The number of aromatic nitrogens is 1. The van der Waals surface area contributed by atoms with Gasteiger partial charge in [-0.3, -0.25) is 4.79 Å². The third-order valence-corrected chi connectivity index (χ3v) is 7.97. The van der Waals surface area contributed by atoms with Crippen LogP contribution in [-0.4, -0.2) is 12.5 Å². The highest BCUT2D eigenvalue weighted by Gasteiger charge is 2.14. The standard InChI is InChI=1S/C33H46N2O2S/c1-3-5-6-7-8-9-10-11-12-13-14-17-25-37-31-19-16-15-18-29(31)27-32(36)34-30-22-20-28(21-23-30)33-35(4-2)24-26-38-33/h15-16,18-24,26H,3-14,17,25,27H2,1-2H3/p+1. The minimum absolute atomic E-state index is 0.0288. The van der Waals surface area contributed by atoms with Crippen molar-refractivity contribution in [2.75, 3.05) is 11.9 Å². The Kier molecular flexibility index (Phi) is 14.0. The molecule has 0 aliphatic carbocycles. The molecule has 1 N–H and O–H groups in total. The van der Waals surface area contributed by atoms with Crippen molar-refractivity contribution in [3.63, 3.8) is 0 Å². The first-order valence-electron chi connectivity index (χ1n) is 14.8. The van der Waals surface area contributed by atoms with Gasteiger partial charge in [-0.25, -0.2) is 0 Å². The molecule has 206 valence electrons. The number of hydrogen-bond donors (Lipinski definition) is 1. The van der Waals surface area contributed by atoms with Gasteiger partial charge in [-0.05, 0) is 43.7 Å². The Balaban J connectivity index is 1.33. The summed E-state index contributed by atoms with van der Waals surface area (Å²) >= 11 is 1.73. The number of nitrogens with zero attached hydrogens (tertiary/aromatic N) is 1. The summed E-state index contributed by atoms with van der Waals surface area (Å²) < 4.78 is 8.31. The summed E-state index contributed by atoms with van der Waals surface area (Å²) in [4.78, 5) is 12.8. The van der Waals surface area contributed by atoms with Crippen molar-refractivity contribution < 1.29 is 14.1 Å². The lowest BCUT2D eigenvalue weighted by molar-refractivity contribution is -0.678. The molecule has 3 rings (SSSR count). The van der Waals surface area contributed by atoms with Gasteiger partial charge in [0.25, 0.3) is 5.01 Å². The number of ether oxygens (including phenoxy) is 1. The van der Waals surface area contributed by atoms with Crippen molar-refractivity contribution in [1.29, 1.82) is 0 Å². The van der Waals surface area contributed by atoms with Crippen LogP contribution < -0.4 is 14.6 Å². The average Bonchev–Trinajstić information content (AvgIpc) is 3.41. The molecular formula is C33H47N2O2S+. The lowest BCUT2D eigenvalue weighted by Gasteiger charge is -2.12. The number of para-hydroxylation sites is 1. The number of anilines is 1. The van der Waals surface area contributed by atoms with Gasteiger partial charge in [0, 0.05) is 11.3 Å². The van der Waals surface area contributed by atoms with E-state index >= 15 is 0 Å². The van der Waals surface area contributed by atoms with Crippen LogP contribution >= 0.6 is 11.3 Å². The van der Waals surface area contributed by atoms with E-state index < -0.39 is 0 Å². The molecule has 0 atom stereocenters. The maximum atomic E-state index is 12.8. The first-order valence-corrected chi connectivity index (χ1v) is 15.7. The van der Waals surface area contributed by atoms with Crippen molar-refractivity contribution >= 4 is 22.9 Å². The number of unbranched alkanes of at least 4 members (excludes halogenated alkanes) is 11. The minimum Gasteiger partial charge on any atom is -0.493 e. The van der Waals surface area contributed by atoms with Crippen LogP contribution in [0.15, 0.2) is 60.1 Å². The van der Waals surface area contributed by atoms with E-state index in [0.717, 1.165) is 35.5 Å². The van der Waals surface area contributed by atoms with Crippen LogP contribution in [-0.2, 0) is 17.8 Å². The number of hydrogen-bond acceptors (Lipinski definition) is 3. The molecular weight excluding hydrogens is 488 g/mol. The van der Waals surface area contributed by atoms with E-state index in [4.69, 9.17) is 4.74 Å². The largest absolute Gasteiger partial charge is 0.493 e. The Labute approximate surface area is 234 Å². The van der Waals surface area contributed by atoms with Gasteiger partial charge in [0.1, 0.15) is 12.3 Å². The van der Waals surface area contributed by atoms with Crippen molar-refractivity contribution in [1.82, 2.24) is 0 Å². The molecule has 38 heavy (non-hydrogen) atoms. The molecule has 0 saturated carbocycles. The second-order valence-electron chi connectivity index (χ2n) is 10.1. The molecule has 0 fully saturated rings. The summed E-state index contributed by atoms with van der Waals surface area (Å²) in [6, 6.07) is 16.0. The zero-order valence-electron chi connectivity index (χ0n) is 23.6. The Morgan fingerprint density at radius 2 is 1.45 bits per heavy atom. The molecule has 0 spiro atoms. The van der Waals surface area contributed by atoms with Crippen LogP contribution in [0.3, 0.4) is 0 Å². The zero-order valence-corrected chi connectivity index (χ0v) is 24.4. The maximum absolute atomic E-state index is 12.8. The number of nitrogens with one attached hydrogen (secondary N) is 1. The molecule has 1 amide bonds. The summed E-state index contributed by atoms with van der Waals surface area (Å²) in [7, 11) is 0. The molecule has 2 aromatic carbocycles. The number of amides is 1. The van der Waals surface area contributed by atoms with Gasteiger partial charge in [0.05, 0.1) is 24.0 Å². The first kappa shape index (κ1) is 29.9. The monoisotopic (exact) mass is 535 g/mol. The van der Waals surface area contributed by atoms with Crippen molar-refractivity contribution in [2.24, 2.45) is 0 Å². The van der Waals surface area contributed by atoms with Crippen molar-refractivity contribution in [3.05, 3.63) is 65.7 Å². The fraction of sp³-hybridized carbons (Fsp3) is 0.515. The van der Waals surface area contributed by atoms with Crippen LogP contribution in [0.5, 0.6) is 5.75 Å². The molecule has 0 radical (unpaired) electrons. The van der Waals surface area contributed by atoms with Crippen molar-refractivity contribution in [2.45, 2.75) is 104 Å². The summed E-state index contributed by atoms with van der Waals surface area (Å²) in [5.74, 6) is 0.793. The second-order valence-corrected chi connectivity index (χ2v) is 11.0. The SMILES string of the molecule is CCCCCCCCCCCCCCOc1ccccc1CC(=O)Nc1ccc(-c2scc[n+]2CC)cc1. The summed E-state index contributed by atoms with van der Waals surface area (Å²) in [6.45, 7) is 6.07. The van der Waals surface area contributed by atoms with Gasteiger partial charge in [0.15, 0.2) is 6.20 Å². The molecule has 0 bridgehead atoms. The zero-order chi connectivity index (χ0) is 26.8. The number of aryl methyl sites for hydroxylation is 1. The number of carbonyl (C=O) groups is 1. The van der Waals surface area contributed by atoms with Crippen LogP contribution in [0.4, 0.5) is 5.69 Å². The van der Waals surface area contributed by atoms with E-state index in [1.165, 1.54) is 75.6 Å². The first-order chi connectivity index (χ1) is 18.7.